The van der Waals surface area contributed by atoms with Crippen LogP contribution in [0, 0.1) is 27.7 Å². The first-order valence-electron chi connectivity index (χ1n) is 9.14. The Bertz CT molecular complexity index is 1130. The third-order valence-corrected chi connectivity index (χ3v) is 6.13. The molecule has 0 fully saturated rings. The average Bonchev–Trinajstić information content (AvgIpc) is 3.06. The van der Waals surface area contributed by atoms with Crippen molar-refractivity contribution in [3.05, 3.63) is 53.1 Å². The minimum absolute atomic E-state index is 0.214. The van der Waals surface area contributed by atoms with Crippen LogP contribution in [-0.2, 0) is 15.6 Å². The van der Waals surface area contributed by atoms with Crippen molar-refractivity contribution in [3.63, 3.8) is 0 Å². The Labute approximate surface area is 166 Å². The van der Waals surface area contributed by atoms with Crippen LogP contribution in [0.5, 0.6) is 0 Å². The van der Waals surface area contributed by atoms with Crippen molar-refractivity contribution in [1.82, 2.24) is 19.6 Å². The van der Waals surface area contributed by atoms with E-state index < -0.39 is 10.0 Å². The molecule has 0 aliphatic rings. The van der Waals surface area contributed by atoms with Crippen molar-refractivity contribution in [3.8, 4) is 5.69 Å². The smallest absolute Gasteiger partial charge is 0.265 e. The minimum Gasteiger partial charge on any atom is -0.277 e. The molecule has 0 radical (unpaired) electrons. The molecule has 3 aromatic rings. The van der Waals surface area contributed by atoms with Gasteiger partial charge in [0.1, 0.15) is 4.90 Å². The summed E-state index contributed by atoms with van der Waals surface area (Å²) in [6.07, 6.45) is 0. The molecule has 0 bridgehead atoms. The van der Waals surface area contributed by atoms with E-state index in [0.29, 0.717) is 22.8 Å². The molecule has 7 nitrogen and oxygen atoms in total. The van der Waals surface area contributed by atoms with Crippen LogP contribution in [0.25, 0.3) is 5.69 Å². The van der Waals surface area contributed by atoms with Gasteiger partial charge in [-0.15, -0.1) is 0 Å². The number of para-hydroxylation sites is 2. The summed E-state index contributed by atoms with van der Waals surface area (Å²) in [6.45, 7) is 13.3. The Balaban J connectivity index is 2.09. The molecule has 1 aromatic carbocycles. The first-order chi connectivity index (χ1) is 12.9. The quantitative estimate of drug-likeness (QED) is 0.720. The molecule has 3 rings (SSSR count). The van der Waals surface area contributed by atoms with Crippen LogP contribution in [0.3, 0.4) is 0 Å². The highest BCUT2D eigenvalue weighted by Gasteiger charge is 2.29. The molecular formula is C20H27N5O2S. The van der Waals surface area contributed by atoms with Gasteiger partial charge in [-0.05, 0) is 66.7 Å². The second kappa shape index (κ2) is 6.77. The van der Waals surface area contributed by atoms with Crippen molar-refractivity contribution in [2.45, 2.75) is 58.9 Å². The molecule has 0 spiro atoms. The Morgan fingerprint density at radius 3 is 2.18 bits per heavy atom. The second-order valence-electron chi connectivity index (χ2n) is 8.04. The van der Waals surface area contributed by atoms with Crippen LogP contribution in [0.15, 0.2) is 35.2 Å². The SMILES string of the molecule is Cc1cc(C)n(-c2ccccc2NS(=O)(=O)c2c(C)nn(C(C)(C)C)c2C)n1. The van der Waals surface area contributed by atoms with Gasteiger partial charge in [-0.25, -0.2) is 13.1 Å². The monoisotopic (exact) mass is 401 g/mol. The van der Waals surface area contributed by atoms with Gasteiger partial charge < -0.3 is 0 Å². The van der Waals surface area contributed by atoms with Gasteiger partial charge in [-0.1, -0.05) is 12.1 Å². The number of nitrogens with one attached hydrogen (secondary N) is 1. The molecule has 0 atom stereocenters. The molecule has 1 N–H and O–H groups in total. The van der Waals surface area contributed by atoms with Crippen molar-refractivity contribution in [2.75, 3.05) is 4.72 Å². The van der Waals surface area contributed by atoms with Gasteiger partial charge in [-0.2, -0.15) is 10.2 Å². The van der Waals surface area contributed by atoms with Crippen LogP contribution in [0.4, 0.5) is 5.69 Å². The van der Waals surface area contributed by atoms with E-state index >= 15 is 0 Å². The summed E-state index contributed by atoms with van der Waals surface area (Å²) in [5, 5.41) is 8.95. The first kappa shape index (κ1) is 20.1. The first-order valence-corrected chi connectivity index (χ1v) is 10.6. The van der Waals surface area contributed by atoms with Crippen LogP contribution < -0.4 is 4.72 Å². The lowest BCUT2D eigenvalue weighted by Gasteiger charge is -2.21. The molecule has 8 heteroatoms. The van der Waals surface area contributed by atoms with E-state index in [2.05, 4.69) is 14.9 Å². The van der Waals surface area contributed by atoms with E-state index in [1.807, 2.05) is 52.8 Å². The van der Waals surface area contributed by atoms with Gasteiger partial charge in [0.25, 0.3) is 10.0 Å². The van der Waals surface area contributed by atoms with Gasteiger partial charge >= 0.3 is 0 Å². The lowest BCUT2D eigenvalue weighted by Crippen LogP contribution is -2.25. The normalized spacial score (nSPS) is 12.4. The number of benzene rings is 1. The number of rotatable bonds is 4. The zero-order chi connectivity index (χ0) is 20.9. The van der Waals surface area contributed by atoms with Gasteiger partial charge in [0, 0.05) is 5.69 Å². The Kier molecular flexibility index (Phi) is 4.87. The van der Waals surface area contributed by atoms with E-state index in [-0.39, 0.29) is 10.4 Å². The fourth-order valence-corrected chi connectivity index (χ4v) is 4.95. The summed E-state index contributed by atoms with van der Waals surface area (Å²) < 4.78 is 32.8. The maximum absolute atomic E-state index is 13.3. The molecular weight excluding hydrogens is 374 g/mol. The molecule has 2 heterocycles. The van der Waals surface area contributed by atoms with E-state index in [4.69, 9.17) is 0 Å². The molecule has 0 aliphatic carbocycles. The van der Waals surface area contributed by atoms with E-state index in [0.717, 1.165) is 11.4 Å². The summed E-state index contributed by atoms with van der Waals surface area (Å²) in [4.78, 5) is 0.214. The van der Waals surface area contributed by atoms with Crippen molar-refractivity contribution in [2.24, 2.45) is 0 Å². The summed E-state index contributed by atoms with van der Waals surface area (Å²) in [5.74, 6) is 0. The average molecular weight is 402 g/mol. The summed E-state index contributed by atoms with van der Waals surface area (Å²) in [6, 6.07) is 9.19. The van der Waals surface area contributed by atoms with Gasteiger partial charge in [-0.3, -0.25) is 9.40 Å². The van der Waals surface area contributed by atoms with Crippen LogP contribution >= 0.6 is 0 Å². The molecule has 0 aliphatic heterocycles. The highest BCUT2D eigenvalue weighted by atomic mass is 32.2. The fourth-order valence-electron chi connectivity index (χ4n) is 3.48. The van der Waals surface area contributed by atoms with Crippen LogP contribution in [0.2, 0.25) is 0 Å². The summed E-state index contributed by atoms with van der Waals surface area (Å²) in [5.41, 5.74) is 3.71. The number of hydrogen-bond acceptors (Lipinski definition) is 4. The van der Waals surface area contributed by atoms with E-state index in [1.54, 1.807) is 35.3 Å². The molecule has 0 saturated carbocycles. The van der Waals surface area contributed by atoms with Crippen molar-refractivity contribution >= 4 is 15.7 Å². The van der Waals surface area contributed by atoms with Crippen LogP contribution in [-0.4, -0.2) is 28.0 Å². The zero-order valence-electron chi connectivity index (χ0n) is 17.4. The topological polar surface area (TPSA) is 81.8 Å². The lowest BCUT2D eigenvalue weighted by molar-refractivity contribution is 0.345. The van der Waals surface area contributed by atoms with Crippen molar-refractivity contribution in [1.29, 1.82) is 0 Å². The van der Waals surface area contributed by atoms with Crippen LogP contribution in [0.1, 0.15) is 43.5 Å². The Hall–Kier alpha value is -2.61. The van der Waals surface area contributed by atoms with E-state index in [1.165, 1.54) is 0 Å². The predicted molar refractivity (Wildman–Crippen MR) is 111 cm³/mol. The van der Waals surface area contributed by atoms with Crippen molar-refractivity contribution < 1.29 is 8.42 Å². The number of anilines is 1. The maximum atomic E-state index is 13.3. The summed E-state index contributed by atoms with van der Waals surface area (Å²) in [7, 11) is -3.83. The minimum atomic E-state index is -3.83. The molecule has 150 valence electrons. The molecule has 28 heavy (non-hydrogen) atoms. The maximum Gasteiger partial charge on any atom is 0.265 e. The highest BCUT2D eigenvalue weighted by molar-refractivity contribution is 7.92. The summed E-state index contributed by atoms with van der Waals surface area (Å²) >= 11 is 0. The zero-order valence-corrected chi connectivity index (χ0v) is 18.2. The number of sulfonamides is 1. The molecule has 0 saturated heterocycles. The number of nitrogens with zero attached hydrogens (tertiary/aromatic N) is 4. The van der Waals surface area contributed by atoms with Gasteiger partial charge in [0.15, 0.2) is 0 Å². The fraction of sp³-hybridized carbons (Fsp3) is 0.400. The predicted octanol–water partition coefficient (Wildman–Crippen LogP) is 3.86. The largest absolute Gasteiger partial charge is 0.277 e. The standard InChI is InChI=1S/C20H27N5O2S/c1-13-12-14(2)24(21-13)18-11-9-8-10-17(18)23-28(26,27)19-15(3)22-25(16(19)4)20(5,6)7/h8-12,23H,1-7H3. The number of aromatic nitrogens is 4. The Morgan fingerprint density at radius 2 is 1.64 bits per heavy atom. The number of hydrogen-bond donors (Lipinski definition) is 1. The third-order valence-electron chi connectivity index (χ3n) is 4.52. The third kappa shape index (κ3) is 3.56. The van der Waals surface area contributed by atoms with Gasteiger partial charge in [0.05, 0.1) is 34.0 Å². The number of aryl methyl sites for hydroxylation is 3. The lowest BCUT2D eigenvalue weighted by atomic mass is 10.1. The molecule has 0 amide bonds. The van der Waals surface area contributed by atoms with Gasteiger partial charge in [0.2, 0.25) is 0 Å². The van der Waals surface area contributed by atoms with E-state index in [9.17, 15) is 8.42 Å². The second-order valence-corrected chi connectivity index (χ2v) is 9.66. The molecule has 0 unspecified atom stereocenters. The Morgan fingerprint density at radius 1 is 1.00 bits per heavy atom. The highest BCUT2D eigenvalue weighted by Crippen LogP contribution is 2.29. The molecule has 2 aromatic heterocycles.